The Hall–Kier alpha value is -4.62. The lowest BCUT2D eigenvalue weighted by Gasteiger charge is -2.37. The second kappa shape index (κ2) is 14.7. The molecule has 4 rings (SSSR count). The lowest BCUT2D eigenvalue weighted by atomic mass is 9.85. The molecule has 0 bridgehead atoms. The maximum Gasteiger partial charge on any atom is 0.315 e. The third-order valence-electron chi connectivity index (χ3n) is 9.51. The fourth-order valence-electron chi connectivity index (χ4n) is 6.48. The lowest BCUT2D eigenvalue weighted by Crippen LogP contribution is -2.62. The lowest BCUT2D eigenvalue weighted by molar-refractivity contribution is -0.143. The molecule has 14 heteroatoms. The molecule has 1 aromatic heterocycles. The van der Waals surface area contributed by atoms with Crippen molar-refractivity contribution in [2.24, 2.45) is 28.4 Å². The van der Waals surface area contributed by atoms with Gasteiger partial charge in [-0.1, -0.05) is 66.0 Å². The molecule has 5 atom stereocenters. The van der Waals surface area contributed by atoms with Crippen LogP contribution >= 0.6 is 0 Å². The first-order valence-corrected chi connectivity index (χ1v) is 17.2. The van der Waals surface area contributed by atoms with Gasteiger partial charge in [-0.25, -0.2) is 4.79 Å². The number of nitrogens with one attached hydrogen (secondary N) is 3. The van der Waals surface area contributed by atoms with E-state index in [1.165, 1.54) is 23.4 Å². The molecule has 272 valence electrons. The number of allylic oxidation sites excluding steroid dienone is 1. The Bertz CT molecular complexity index is 1550. The molecule has 7 amide bonds. The highest BCUT2D eigenvalue weighted by atomic mass is 16.2. The third-order valence-corrected chi connectivity index (χ3v) is 9.51. The van der Waals surface area contributed by atoms with Crippen molar-refractivity contribution in [3.63, 3.8) is 0 Å². The van der Waals surface area contributed by atoms with E-state index in [2.05, 4.69) is 20.9 Å². The summed E-state index contributed by atoms with van der Waals surface area (Å²) in [7, 11) is 0. The minimum absolute atomic E-state index is 0.109. The van der Waals surface area contributed by atoms with Gasteiger partial charge in [0.05, 0.1) is 29.8 Å². The summed E-state index contributed by atoms with van der Waals surface area (Å²) in [4.78, 5) is 98.9. The number of carbonyl (C=O) groups is 7. The standard InChI is InChI=1S/C36H51N7O7/c1-19(2)13-21-15-25(30(46)39-24(14-20-9-10-20)27(44)29(37)45)42(17-21)33(49)28(36(6,7)8)41-34(50)40-26(35(3,4)5)18-43-31(47)22-11-12-38-16-23(22)32(43)48/h11-13,16,20-21,24-26,28H,9-10,14-15,17-18H2,1-8H3,(H2,37,45)(H,39,46)(H2,40,41,50)/t21?,24?,25-,26+,28+/m0/s1. The molecule has 2 unspecified atom stereocenters. The fourth-order valence-corrected chi connectivity index (χ4v) is 6.48. The number of urea groups is 1. The molecule has 0 spiro atoms. The highest BCUT2D eigenvalue weighted by molar-refractivity contribution is 6.37. The molecule has 14 nitrogen and oxygen atoms in total. The predicted molar refractivity (Wildman–Crippen MR) is 184 cm³/mol. The van der Waals surface area contributed by atoms with Crippen LogP contribution in [0.25, 0.3) is 0 Å². The Labute approximate surface area is 293 Å². The molecule has 0 aromatic carbocycles. The van der Waals surface area contributed by atoms with E-state index in [-0.39, 0.29) is 42.5 Å². The average molecular weight is 694 g/mol. The number of rotatable bonds is 12. The average Bonchev–Trinajstić information content (AvgIpc) is 3.68. The summed E-state index contributed by atoms with van der Waals surface area (Å²) >= 11 is 0. The molecule has 2 fully saturated rings. The van der Waals surface area contributed by atoms with Gasteiger partial charge in [0.2, 0.25) is 17.6 Å². The van der Waals surface area contributed by atoms with Gasteiger partial charge in [0.1, 0.15) is 12.1 Å². The summed E-state index contributed by atoms with van der Waals surface area (Å²) in [6.07, 6.45) is 7.13. The van der Waals surface area contributed by atoms with Crippen molar-refractivity contribution in [1.29, 1.82) is 0 Å². The van der Waals surface area contributed by atoms with Gasteiger partial charge in [0.15, 0.2) is 0 Å². The van der Waals surface area contributed by atoms with E-state index in [1.54, 1.807) is 20.8 Å². The van der Waals surface area contributed by atoms with Crippen molar-refractivity contribution in [3.05, 3.63) is 41.2 Å². The quantitative estimate of drug-likeness (QED) is 0.145. The Morgan fingerprint density at radius 1 is 0.960 bits per heavy atom. The minimum atomic E-state index is -1.13. The van der Waals surface area contributed by atoms with E-state index in [0.29, 0.717) is 6.42 Å². The Morgan fingerprint density at radius 2 is 1.60 bits per heavy atom. The van der Waals surface area contributed by atoms with Gasteiger partial charge in [0.25, 0.3) is 17.7 Å². The monoisotopic (exact) mass is 693 g/mol. The molecular weight excluding hydrogens is 642 g/mol. The van der Waals surface area contributed by atoms with Crippen LogP contribution < -0.4 is 21.7 Å². The number of amides is 7. The first kappa shape index (κ1) is 38.2. The summed E-state index contributed by atoms with van der Waals surface area (Å²) in [6.45, 7) is 14.9. The van der Waals surface area contributed by atoms with E-state index in [1.807, 2.05) is 40.7 Å². The molecule has 1 saturated heterocycles. The number of pyridine rings is 1. The van der Waals surface area contributed by atoms with Crippen LogP contribution in [0.2, 0.25) is 0 Å². The summed E-state index contributed by atoms with van der Waals surface area (Å²) in [5.41, 5.74) is 5.32. The van der Waals surface area contributed by atoms with Gasteiger partial charge >= 0.3 is 6.03 Å². The van der Waals surface area contributed by atoms with Crippen molar-refractivity contribution in [2.75, 3.05) is 13.1 Å². The van der Waals surface area contributed by atoms with E-state index >= 15 is 0 Å². The second-order valence-corrected chi connectivity index (χ2v) is 16.2. The summed E-state index contributed by atoms with van der Waals surface area (Å²) in [6, 6.07) is -3.05. The molecule has 1 aliphatic carbocycles. The van der Waals surface area contributed by atoms with Crippen LogP contribution in [-0.4, -0.2) is 93.4 Å². The molecular formula is C36H51N7O7. The number of primary amides is 1. The van der Waals surface area contributed by atoms with Gasteiger partial charge in [-0.2, -0.15) is 0 Å². The number of Topliss-reactive ketones (excluding diaryl/α,β-unsaturated/α-hetero) is 1. The molecule has 3 aliphatic rings. The summed E-state index contributed by atoms with van der Waals surface area (Å²) in [5.74, 6) is -3.99. The van der Waals surface area contributed by atoms with Crippen LogP contribution in [0.4, 0.5) is 4.79 Å². The molecule has 50 heavy (non-hydrogen) atoms. The third kappa shape index (κ3) is 8.94. The number of ketones is 1. The summed E-state index contributed by atoms with van der Waals surface area (Å²) < 4.78 is 0. The Morgan fingerprint density at radius 3 is 2.14 bits per heavy atom. The molecule has 2 aliphatic heterocycles. The second-order valence-electron chi connectivity index (χ2n) is 16.2. The zero-order valence-corrected chi connectivity index (χ0v) is 30.3. The topological polar surface area (TPSA) is 201 Å². The Balaban J connectivity index is 1.54. The predicted octanol–water partition coefficient (Wildman–Crippen LogP) is 2.33. The Kier molecular flexibility index (Phi) is 11.2. The molecule has 5 N–H and O–H groups in total. The zero-order valence-electron chi connectivity index (χ0n) is 30.3. The summed E-state index contributed by atoms with van der Waals surface area (Å²) in [5, 5.41) is 8.42. The fraction of sp³-hybridized carbons (Fsp3) is 0.611. The highest BCUT2D eigenvalue weighted by Crippen LogP contribution is 2.34. The van der Waals surface area contributed by atoms with Gasteiger partial charge in [-0.15, -0.1) is 0 Å². The molecule has 3 heterocycles. The van der Waals surface area contributed by atoms with Gasteiger partial charge in [-0.05, 0) is 55.4 Å². The van der Waals surface area contributed by atoms with Crippen LogP contribution in [0.15, 0.2) is 30.1 Å². The number of hydrogen-bond donors (Lipinski definition) is 4. The van der Waals surface area contributed by atoms with Crippen LogP contribution in [0.5, 0.6) is 0 Å². The van der Waals surface area contributed by atoms with E-state index < -0.39 is 76.3 Å². The van der Waals surface area contributed by atoms with E-state index in [9.17, 15) is 33.6 Å². The first-order chi connectivity index (χ1) is 23.2. The van der Waals surface area contributed by atoms with Crippen molar-refractivity contribution in [1.82, 2.24) is 30.7 Å². The van der Waals surface area contributed by atoms with Crippen LogP contribution in [-0.2, 0) is 19.2 Å². The number of likely N-dealkylation sites (tertiary alicyclic amines) is 1. The van der Waals surface area contributed by atoms with Crippen molar-refractivity contribution in [3.8, 4) is 0 Å². The SMILES string of the molecule is CC(C)=CC1C[C@@H](C(=O)NC(CC2CC2)C(=O)C(N)=O)N(C(=O)[C@@H](NC(=O)N[C@H](CN2C(=O)c3ccncc3C2=O)C(C)(C)C)C(C)(C)C)C1. The number of nitrogens with zero attached hydrogens (tertiary/aromatic N) is 3. The number of fused-ring (bicyclic) bond motifs is 1. The van der Waals surface area contributed by atoms with E-state index in [0.717, 1.165) is 23.3 Å². The molecule has 1 aromatic rings. The number of imide groups is 1. The minimum Gasteiger partial charge on any atom is -0.363 e. The first-order valence-electron chi connectivity index (χ1n) is 17.2. The smallest absolute Gasteiger partial charge is 0.315 e. The highest BCUT2D eigenvalue weighted by Gasteiger charge is 2.46. The molecule has 1 saturated carbocycles. The zero-order chi connectivity index (χ0) is 37.3. The van der Waals surface area contributed by atoms with Crippen LogP contribution in [0, 0.1) is 22.7 Å². The maximum atomic E-state index is 14.4. The number of aromatic nitrogens is 1. The normalized spacial score (nSPS) is 20.8. The number of hydrogen-bond acceptors (Lipinski definition) is 8. The van der Waals surface area contributed by atoms with Gasteiger partial charge in [-0.3, -0.25) is 38.7 Å². The molecule has 0 radical (unpaired) electrons. The van der Waals surface area contributed by atoms with Crippen molar-refractivity contribution < 1.29 is 33.6 Å². The number of carbonyl (C=O) groups excluding carboxylic acids is 7. The van der Waals surface area contributed by atoms with Gasteiger partial charge in [0, 0.05) is 18.9 Å². The largest absolute Gasteiger partial charge is 0.363 e. The van der Waals surface area contributed by atoms with Gasteiger partial charge < -0.3 is 26.6 Å². The van der Waals surface area contributed by atoms with Crippen LogP contribution in [0.3, 0.4) is 0 Å². The van der Waals surface area contributed by atoms with E-state index in [4.69, 9.17) is 5.73 Å². The van der Waals surface area contributed by atoms with Crippen molar-refractivity contribution >= 4 is 41.4 Å². The van der Waals surface area contributed by atoms with Crippen molar-refractivity contribution in [2.45, 2.75) is 105 Å². The maximum absolute atomic E-state index is 14.4. The van der Waals surface area contributed by atoms with Crippen LogP contribution in [0.1, 0.15) is 102 Å². The number of nitrogens with two attached hydrogens (primary N) is 1.